The molecule has 8 nitrogen and oxygen atoms in total. The van der Waals surface area contributed by atoms with Crippen LogP contribution < -0.4 is 24.3 Å². The van der Waals surface area contributed by atoms with E-state index in [1.807, 2.05) is 32.0 Å². The van der Waals surface area contributed by atoms with Gasteiger partial charge in [0.25, 0.3) is 0 Å². The molecule has 11 heteroatoms. The fraction of sp³-hybridized carbons (Fsp3) is 0.439. The third kappa shape index (κ3) is 6.41. The zero-order chi connectivity index (χ0) is 36.1. The maximum atomic E-state index is 7.30. The molecule has 7 rings (SSSR count). The van der Waals surface area contributed by atoms with Gasteiger partial charge in [0.15, 0.2) is 12.0 Å². The molecular formula is C41H48ClLiN4O4Si. The topological polar surface area (TPSA) is 80.5 Å². The van der Waals surface area contributed by atoms with Gasteiger partial charge in [-0.2, -0.15) is 0 Å². The Balaban J connectivity index is 0.00000464. The molecule has 52 heavy (non-hydrogen) atoms. The van der Waals surface area contributed by atoms with Crippen LogP contribution in [-0.2, 0) is 24.5 Å². The number of aromatic nitrogens is 4. The van der Waals surface area contributed by atoms with E-state index in [0.717, 1.165) is 22.1 Å². The molecule has 268 valence electrons. The molecular weight excluding hydrogens is 683 g/mol. The molecule has 4 heterocycles. The zero-order valence-electron chi connectivity index (χ0n) is 31.7. The van der Waals surface area contributed by atoms with Crippen LogP contribution in [0, 0.1) is 6.33 Å². The van der Waals surface area contributed by atoms with Crippen LogP contribution in [0.1, 0.15) is 78.3 Å². The summed E-state index contributed by atoms with van der Waals surface area (Å²) in [4.78, 5) is 14.2. The second-order valence-corrected chi connectivity index (χ2v) is 21.3. The Morgan fingerprint density at radius 1 is 0.788 bits per heavy atom. The summed E-state index contributed by atoms with van der Waals surface area (Å²) in [6, 6.07) is 31.1. The van der Waals surface area contributed by atoms with Gasteiger partial charge < -0.3 is 33.5 Å². The first-order valence-corrected chi connectivity index (χ1v) is 20.7. The van der Waals surface area contributed by atoms with Gasteiger partial charge in [-0.3, -0.25) is 4.98 Å². The molecule has 2 fully saturated rings. The van der Waals surface area contributed by atoms with Gasteiger partial charge in [-0.15, -0.1) is 11.6 Å². The fourth-order valence-corrected chi connectivity index (χ4v) is 15.8. The SMILES string of the molecule is CC(C)[Si](c1nc2c(Cl)n[c-]nc2n1[C@@H]1O[C@H](COC(c2ccccc2)(c2ccccc2)c2ccccc2)[C@H]2OC(C)(C)O[C@H]21)(C(C)C)C(C)C.[Li+]. The Hall–Kier alpha value is -2.85. The van der Waals surface area contributed by atoms with Gasteiger partial charge in [-0.1, -0.05) is 133 Å². The number of fused-ring (bicyclic) bond motifs is 2. The summed E-state index contributed by atoms with van der Waals surface area (Å²) in [5.41, 5.74) is 5.35. The van der Waals surface area contributed by atoms with Crippen molar-refractivity contribution in [1.29, 1.82) is 0 Å². The maximum absolute atomic E-state index is 7.30. The van der Waals surface area contributed by atoms with Crippen molar-refractivity contribution in [3.05, 3.63) is 119 Å². The molecule has 5 aromatic rings. The summed E-state index contributed by atoms with van der Waals surface area (Å²) >= 11 is 6.74. The molecule has 0 saturated carbocycles. The fourth-order valence-electron chi connectivity index (χ4n) is 9.14. The predicted molar refractivity (Wildman–Crippen MR) is 203 cm³/mol. The molecule has 0 spiro atoms. The number of hydrogen-bond acceptors (Lipinski definition) is 7. The number of rotatable bonds is 11. The van der Waals surface area contributed by atoms with Gasteiger partial charge in [-0.25, -0.2) is 0 Å². The molecule has 2 aromatic heterocycles. The van der Waals surface area contributed by atoms with Crippen molar-refractivity contribution in [2.75, 3.05) is 6.61 Å². The Morgan fingerprint density at radius 2 is 1.27 bits per heavy atom. The number of nitrogens with zero attached hydrogens (tertiary/aromatic N) is 4. The molecule has 4 atom stereocenters. The summed E-state index contributed by atoms with van der Waals surface area (Å²) < 4.78 is 30.0. The minimum atomic E-state index is -2.40. The molecule has 0 N–H and O–H groups in total. The average molecular weight is 731 g/mol. The van der Waals surface area contributed by atoms with Crippen LogP contribution in [0.15, 0.2) is 91.0 Å². The quantitative estimate of drug-likeness (QED) is 0.0759. The van der Waals surface area contributed by atoms with E-state index in [0.29, 0.717) is 27.8 Å². The Morgan fingerprint density at radius 3 is 1.75 bits per heavy atom. The summed E-state index contributed by atoms with van der Waals surface area (Å²) in [7, 11) is -2.40. The van der Waals surface area contributed by atoms with Crippen LogP contribution in [-0.4, -0.2) is 58.3 Å². The van der Waals surface area contributed by atoms with Crippen molar-refractivity contribution < 1.29 is 37.8 Å². The van der Waals surface area contributed by atoms with Crippen molar-refractivity contribution in [2.45, 2.75) is 108 Å². The van der Waals surface area contributed by atoms with E-state index in [1.54, 1.807) is 0 Å². The number of hydrogen-bond donors (Lipinski definition) is 0. The van der Waals surface area contributed by atoms with Crippen LogP contribution in [0.5, 0.6) is 0 Å². The van der Waals surface area contributed by atoms with Crippen molar-refractivity contribution >= 4 is 36.3 Å². The van der Waals surface area contributed by atoms with Crippen molar-refractivity contribution in [2.24, 2.45) is 0 Å². The smallest absolute Gasteiger partial charge is 0.358 e. The van der Waals surface area contributed by atoms with E-state index in [4.69, 9.17) is 35.5 Å². The third-order valence-corrected chi connectivity index (χ3v) is 18.1. The molecule has 0 bridgehead atoms. The molecule has 0 radical (unpaired) electrons. The Labute approximate surface area is 325 Å². The first-order chi connectivity index (χ1) is 24.4. The van der Waals surface area contributed by atoms with Gasteiger partial charge in [0, 0.05) is 17.0 Å². The molecule has 3 aromatic carbocycles. The molecule has 0 unspecified atom stereocenters. The van der Waals surface area contributed by atoms with Gasteiger partial charge in [0.05, 0.1) is 17.7 Å². The van der Waals surface area contributed by atoms with Gasteiger partial charge in [0.2, 0.25) is 0 Å². The van der Waals surface area contributed by atoms with E-state index in [2.05, 4.69) is 135 Å². The number of halogens is 1. The molecule has 0 aliphatic carbocycles. The van der Waals surface area contributed by atoms with E-state index in [-0.39, 0.29) is 30.6 Å². The van der Waals surface area contributed by atoms with Crippen molar-refractivity contribution in [1.82, 2.24) is 19.5 Å². The number of benzene rings is 3. The average Bonchev–Trinajstić information content (AvgIpc) is 3.75. The first kappa shape index (κ1) is 38.9. The van der Waals surface area contributed by atoms with Crippen molar-refractivity contribution in [3.63, 3.8) is 0 Å². The third-order valence-electron chi connectivity index (χ3n) is 11.0. The first-order valence-electron chi connectivity index (χ1n) is 18.1. The van der Waals surface area contributed by atoms with Crippen LogP contribution in [0.4, 0.5) is 0 Å². The largest absolute Gasteiger partial charge is 1.00 e. The zero-order valence-corrected chi connectivity index (χ0v) is 33.5. The predicted octanol–water partition coefficient (Wildman–Crippen LogP) is 5.60. The summed E-state index contributed by atoms with van der Waals surface area (Å²) in [5.74, 6) is -0.844. The Bertz CT molecular complexity index is 1840. The standard InChI is InChI=1S/C41H48ClN4O4Si.Li/c1-26(2)51(27(3)4,28(5)6)39-45-33-36(42)43-25-44-37(33)46(39)38-35-34(49-40(7,8)50-35)32(48-38)24-47-41(29-18-12-9-13-19-29,30-20-14-10-15-21-30)31-22-16-11-17-23-31;/h9-23,26-28,32,34-35,38H,24H2,1-8H3;/q-1;+1/t32-,34-,35-,38-;/m1./s1. The monoisotopic (exact) mass is 730 g/mol. The van der Waals surface area contributed by atoms with Crippen LogP contribution >= 0.6 is 11.6 Å². The van der Waals surface area contributed by atoms with Gasteiger partial charge >= 0.3 is 18.9 Å². The van der Waals surface area contributed by atoms with Gasteiger partial charge in [0.1, 0.15) is 32.0 Å². The van der Waals surface area contributed by atoms with Gasteiger partial charge in [-0.05, 0) is 47.2 Å². The van der Waals surface area contributed by atoms with Crippen LogP contribution in [0.3, 0.4) is 0 Å². The second kappa shape index (κ2) is 15.1. The van der Waals surface area contributed by atoms with Crippen molar-refractivity contribution in [3.8, 4) is 0 Å². The second-order valence-electron chi connectivity index (χ2n) is 15.2. The Kier molecular flexibility index (Phi) is 11.3. The van der Waals surface area contributed by atoms with Crippen LogP contribution in [0.25, 0.3) is 11.2 Å². The van der Waals surface area contributed by atoms with E-state index >= 15 is 0 Å². The molecule has 2 saturated heterocycles. The van der Waals surface area contributed by atoms with E-state index < -0.39 is 44.0 Å². The maximum Gasteiger partial charge on any atom is 1.00 e. The van der Waals surface area contributed by atoms with Crippen LogP contribution in [0.2, 0.25) is 21.8 Å². The minimum absolute atomic E-state index is 0. The molecule has 0 amide bonds. The molecule has 2 aliphatic rings. The number of imidazole rings is 1. The normalized spacial score (nSPS) is 21.6. The van der Waals surface area contributed by atoms with E-state index in [9.17, 15) is 0 Å². The summed E-state index contributed by atoms with van der Waals surface area (Å²) in [6.45, 7) is 18.0. The van der Waals surface area contributed by atoms with E-state index in [1.165, 1.54) is 0 Å². The summed E-state index contributed by atoms with van der Waals surface area (Å²) in [6.07, 6.45) is 0.796. The minimum Gasteiger partial charge on any atom is -0.358 e. The molecule has 2 aliphatic heterocycles. The number of ether oxygens (including phenoxy) is 4. The summed E-state index contributed by atoms with van der Waals surface area (Å²) in [5, 5.41) is 0.274.